The highest BCUT2D eigenvalue weighted by Crippen LogP contribution is 2.59. The van der Waals surface area contributed by atoms with Gasteiger partial charge in [0.2, 0.25) is 10.0 Å². The van der Waals surface area contributed by atoms with Crippen molar-refractivity contribution in [3.63, 3.8) is 0 Å². The topological polar surface area (TPSA) is 40.6 Å². The molecule has 3 atom stereocenters. The number of halogens is 1. The van der Waals surface area contributed by atoms with Crippen molar-refractivity contribution in [1.82, 2.24) is 9.21 Å². The highest BCUT2D eigenvalue weighted by Gasteiger charge is 2.51. The Morgan fingerprint density at radius 1 is 1.19 bits per heavy atom. The highest BCUT2D eigenvalue weighted by molar-refractivity contribution is 9.10. The fourth-order valence-corrected chi connectivity index (χ4v) is 7.57. The second-order valence-corrected chi connectivity index (χ2v) is 13.2. The van der Waals surface area contributed by atoms with Gasteiger partial charge < -0.3 is 4.90 Å². The van der Waals surface area contributed by atoms with Gasteiger partial charge in [0.25, 0.3) is 0 Å². The van der Waals surface area contributed by atoms with Crippen molar-refractivity contribution in [2.75, 3.05) is 26.2 Å². The first-order valence-electron chi connectivity index (χ1n) is 11.9. The summed E-state index contributed by atoms with van der Waals surface area (Å²) in [5.41, 5.74) is 1.64. The molecule has 1 saturated heterocycles. The van der Waals surface area contributed by atoms with Crippen LogP contribution < -0.4 is 0 Å². The van der Waals surface area contributed by atoms with Gasteiger partial charge in [0.05, 0.1) is 4.90 Å². The summed E-state index contributed by atoms with van der Waals surface area (Å²) in [5, 5.41) is 0. The molecule has 1 aromatic rings. The third-order valence-corrected chi connectivity index (χ3v) is 10.6. The van der Waals surface area contributed by atoms with Crippen LogP contribution in [0.15, 0.2) is 45.3 Å². The zero-order valence-corrected chi connectivity index (χ0v) is 21.6. The smallest absolute Gasteiger partial charge is 0.243 e. The Balaban J connectivity index is 1.50. The molecule has 31 heavy (non-hydrogen) atoms. The molecule has 6 heteroatoms. The molecule has 0 amide bonds. The van der Waals surface area contributed by atoms with Gasteiger partial charge in [-0.25, -0.2) is 8.42 Å². The average Bonchev–Trinajstić information content (AvgIpc) is 2.74. The second-order valence-electron chi connectivity index (χ2n) is 10.3. The molecule has 4 nitrogen and oxygen atoms in total. The van der Waals surface area contributed by atoms with Crippen molar-refractivity contribution in [3.05, 3.63) is 40.4 Å². The molecule has 1 aliphatic heterocycles. The first kappa shape index (κ1) is 23.5. The van der Waals surface area contributed by atoms with Crippen molar-refractivity contribution >= 4 is 26.0 Å². The molecule has 3 unspecified atom stereocenters. The number of hydrogen-bond acceptors (Lipinski definition) is 3. The Bertz CT molecular complexity index is 910. The Morgan fingerprint density at radius 3 is 2.58 bits per heavy atom. The van der Waals surface area contributed by atoms with Crippen LogP contribution in [0.5, 0.6) is 0 Å². The largest absolute Gasteiger partial charge is 0.301 e. The Kier molecular flexibility index (Phi) is 7.03. The molecule has 2 fully saturated rings. The number of piperidine rings is 1. The maximum atomic E-state index is 13.6. The molecule has 0 spiro atoms. The zero-order valence-electron chi connectivity index (χ0n) is 19.2. The first-order valence-corrected chi connectivity index (χ1v) is 14.1. The summed E-state index contributed by atoms with van der Waals surface area (Å²) >= 11 is 3.42. The monoisotopic (exact) mass is 508 g/mol. The summed E-state index contributed by atoms with van der Waals surface area (Å²) < 4.78 is 29.9. The lowest BCUT2D eigenvalue weighted by Gasteiger charge is -2.57. The van der Waals surface area contributed by atoms with Crippen LogP contribution in [0.1, 0.15) is 59.3 Å². The summed E-state index contributed by atoms with van der Waals surface area (Å²) in [6.45, 7) is 10.2. The van der Waals surface area contributed by atoms with E-state index in [4.69, 9.17) is 0 Å². The van der Waals surface area contributed by atoms with Gasteiger partial charge in [0, 0.05) is 23.6 Å². The third-order valence-electron chi connectivity index (χ3n) is 8.19. The SMILES string of the molecule is CC1CCCCN1CCCN(CC1=CCC2CC1C2(C)C)S(=O)(=O)c1ccc(Br)cc1. The lowest BCUT2D eigenvalue weighted by Crippen LogP contribution is -2.50. The maximum absolute atomic E-state index is 13.6. The third kappa shape index (κ3) is 4.83. The molecule has 0 aromatic heterocycles. The van der Waals surface area contributed by atoms with Crippen LogP contribution >= 0.6 is 15.9 Å². The summed E-state index contributed by atoms with van der Waals surface area (Å²) in [7, 11) is -3.52. The number of benzene rings is 1. The Hall–Kier alpha value is -0.690. The van der Waals surface area contributed by atoms with Gasteiger partial charge in [-0.15, -0.1) is 0 Å². The molecule has 4 aliphatic rings. The Morgan fingerprint density at radius 2 is 1.94 bits per heavy atom. The number of hydrogen-bond donors (Lipinski definition) is 0. The van der Waals surface area contributed by atoms with Gasteiger partial charge in [-0.05, 0) is 93.6 Å². The van der Waals surface area contributed by atoms with Crippen LogP contribution in [0, 0.1) is 17.3 Å². The minimum atomic E-state index is -3.52. The normalized spacial score (nSPS) is 28.3. The van der Waals surface area contributed by atoms with Crippen molar-refractivity contribution in [3.8, 4) is 0 Å². The van der Waals surface area contributed by atoms with E-state index >= 15 is 0 Å². The molecule has 2 bridgehead atoms. The van der Waals surface area contributed by atoms with Crippen LogP contribution in [0.4, 0.5) is 0 Å². The number of nitrogens with zero attached hydrogens (tertiary/aromatic N) is 2. The standard InChI is InChI=1S/C25H37BrN2O2S/c1-19-7-4-5-14-27(19)15-6-16-28(31(29,30)23-12-10-22(26)11-13-23)18-20-8-9-21-17-24(20)25(21,2)3/h8,10-13,19,21,24H,4-7,9,14-18H2,1-3H3. The van der Waals surface area contributed by atoms with E-state index in [1.54, 1.807) is 16.4 Å². The van der Waals surface area contributed by atoms with E-state index in [0.29, 0.717) is 35.4 Å². The summed E-state index contributed by atoms with van der Waals surface area (Å²) in [6.07, 6.45) is 9.35. The van der Waals surface area contributed by atoms with Gasteiger partial charge in [-0.1, -0.05) is 47.8 Å². The molecule has 1 heterocycles. The van der Waals surface area contributed by atoms with Crippen LogP contribution in [-0.4, -0.2) is 49.8 Å². The molecule has 172 valence electrons. The van der Waals surface area contributed by atoms with E-state index in [-0.39, 0.29) is 0 Å². The molecule has 1 saturated carbocycles. The lowest BCUT2D eigenvalue weighted by atomic mass is 9.49. The number of likely N-dealkylation sites (tertiary alicyclic amines) is 1. The van der Waals surface area contributed by atoms with Gasteiger partial charge in [-0.2, -0.15) is 4.31 Å². The summed E-state index contributed by atoms with van der Waals surface area (Å²) in [5.74, 6) is 1.29. The second kappa shape index (κ2) is 9.28. The van der Waals surface area contributed by atoms with E-state index in [9.17, 15) is 8.42 Å². The molecular weight excluding hydrogens is 472 g/mol. The minimum absolute atomic E-state index is 0.306. The highest BCUT2D eigenvalue weighted by atomic mass is 79.9. The quantitative estimate of drug-likeness (QED) is 0.423. The van der Waals surface area contributed by atoms with E-state index in [2.05, 4.69) is 47.7 Å². The van der Waals surface area contributed by atoms with Crippen molar-refractivity contribution in [2.24, 2.45) is 17.3 Å². The van der Waals surface area contributed by atoms with Crippen molar-refractivity contribution < 1.29 is 8.42 Å². The molecule has 5 rings (SSSR count). The Labute approximate surface area is 197 Å². The zero-order chi connectivity index (χ0) is 22.2. The van der Waals surface area contributed by atoms with E-state index in [1.165, 1.54) is 31.3 Å². The van der Waals surface area contributed by atoms with Crippen LogP contribution in [-0.2, 0) is 10.0 Å². The van der Waals surface area contributed by atoms with Crippen molar-refractivity contribution in [1.29, 1.82) is 0 Å². The van der Waals surface area contributed by atoms with Crippen LogP contribution in [0.2, 0.25) is 0 Å². The molecule has 3 aliphatic carbocycles. The van der Waals surface area contributed by atoms with Gasteiger partial charge >= 0.3 is 0 Å². The predicted octanol–water partition coefficient (Wildman–Crippen LogP) is 5.70. The van der Waals surface area contributed by atoms with E-state index in [0.717, 1.165) is 36.3 Å². The summed E-state index contributed by atoms with van der Waals surface area (Å²) in [4.78, 5) is 2.93. The van der Waals surface area contributed by atoms with E-state index in [1.807, 2.05) is 12.1 Å². The van der Waals surface area contributed by atoms with E-state index < -0.39 is 10.0 Å². The van der Waals surface area contributed by atoms with Gasteiger partial charge in [-0.3, -0.25) is 0 Å². The van der Waals surface area contributed by atoms with Crippen molar-refractivity contribution in [2.45, 2.75) is 70.2 Å². The van der Waals surface area contributed by atoms with Gasteiger partial charge in [0.15, 0.2) is 0 Å². The fourth-order valence-electron chi connectivity index (χ4n) is 5.84. The van der Waals surface area contributed by atoms with Crippen LogP contribution in [0.25, 0.3) is 0 Å². The van der Waals surface area contributed by atoms with Gasteiger partial charge in [0.1, 0.15) is 0 Å². The molecule has 0 N–H and O–H groups in total. The number of sulfonamides is 1. The minimum Gasteiger partial charge on any atom is -0.301 e. The molecule has 1 aromatic carbocycles. The average molecular weight is 510 g/mol. The van der Waals surface area contributed by atoms with Crippen LogP contribution in [0.3, 0.4) is 0 Å². The number of allylic oxidation sites excluding steroid dienone is 1. The maximum Gasteiger partial charge on any atom is 0.243 e. The fraction of sp³-hybridized carbons (Fsp3) is 0.680. The number of fused-ring (bicyclic) bond motifs is 1. The molecular formula is C25H37BrN2O2S. The predicted molar refractivity (Wildman–Crippen MR) is 130 cm³/mol. The lowest BCUT2D eigenvalue weighted by molar-refractivity contribution is -0.00891. The first-order chi connectivity index (χ1) is 14.7. The summed E-state index contributed by atoms with van der Waals surface area (Å²) in [6, 6.07) is 7.69. The molecule has 0 radical (unpaired) electrons. The number of rotatable bonds is 8.